The minimum Gasteiger partial charge on any atom is -0.493 e. The predicted molar refractivity (Wildman–Crippen MR) is 88.3 cm³/mol. The molecule has 0 radical (unpaired) electrons. The summed E-state index contributed by atoms with van der Waals surface area (Å²) < 4.78 is 7.31. The summed E-state index contributed by atoms with van der Waals surface area (Å²) in [5.41, 5.74) is 2.49. The molecule has 1 aromatic rings. The lowest BCUT2D eigenvalue weighted by atomic mass is 10.1. The first-order valence-corrected chi connectivity index (χ1v) is 8.62. The second-order valence-corrected chi connectivity index (χ2v) is 6.76. The molecule has 1 aliphatic carbocycles. The Balaban J connectivity index is 2.03. The SMILES string of the molecule is CCCNCc1cc(Br)cc(C)c1OCC1CCCC1. The van der Waals surface area contributed by atoms with Crippen LogP contribution in [0.3, 0.4) is 0 Å². The molecule has 0 aromatic heterocycles. The van der Waals surface area contributed by atoms with Crippen molar-refractivity contribution >= 4 is 15.9 Å². The Morgan fingerprint density at radius 3 is 2.75 bits per heavy atom. The highest BCUT2D eigenvalue weighted by atomic mass is 79.9. The Kier molecular flexibility index (Phi) is 6.37. The molecule has 2 rings (SSSR count). The van der Waals surface area contributed by atoms with Gasteiger partial charge in [-0.15, -0.1) is 0 Å². The van der Waals surface area contributed by atoms with Crippen molar-refractivity contribution in [3.63, 3.8) is 0 Å². The molecule has 0 unspecified atom stereocenters. The van der Waals surface area contributed by atoms with Gasteiger partial charge in [-0.1, -0.05) is 35.7 Å². The van der Waals surface area contributed by atoms with Crippen LogP contribution in [0, 0.1) is 12.8 Å². The van der Waals surface area contributed by atoms with Crippen LogP contribution in [-0.2, 0) is 6.54 Å². The Bertz CT molecular complexity index is 427. The van der Waals surface area contributed by atoms with Crippen molar-refractivity contribution in [2.45, 2.75) is 52.5 Å². The lowest BCUT2D eigenvalue weighted by molar-refractivity contribution is 0.248. The van der Waals surface area contributed by atoms with Gasteiger partial charge in [-0.05, 0) is 56.3 Å². The molecule has 0 heterocycles. The van der Waals surface area contributed by atoms with Gasteiger partial charge in [0.1, 0.15) is 5.75 Å². The summed E-state index contributed by atoms with van der Waals surface area (Å²) in [4.78, 5) is 0. The monoisotopic (exact) mass is 339 g/mol. The summed E-state index contributed by atoms with van der Waals surface area (Å²) in [6, 6.07) is 4.33. The summed E-state index contributed by atoms with van der Waals surface area (Å²) >= 11 is 3.59. The predicted octanol–water partition coefficient (Wildman–Crippen LogP) is 4.83. The minimum absolute atomic E-state index is 0.759. The lowest BCUT2D eigenvalue weighted by Crippen LogP contribution is -2.16. The van der Waals surface area contributed by atoms with Gasteiger partial charge in [-0.25, -0.2) is 0 Å². The molecule has 0 saturated heterocycles. The third-order valence-electron chi connectivity index (χ3n) is 4.00. The van der Waals surface area contributed by atoms with Crippen LogP contribution in [0.25, 0.3) is 0 Å². The van der Waals surface area contributed by atoms with E-state index in [9.17, 15) is 0 Å². The minimum atomic E-state index is 0.759. The molecule has 1 N–H and O–H groups in total. The van der Waals surface area contributed by atoms with Crippen molar-refractivity contribution in [3.05, 3.63) is 27.7 Å². The zero-order valence-corrected chi connectivity index (χ0v) is 14.3. The number of hydrogen-bond donors (Lipinski definition) is 1. The molecule has 3 heteroatoms. The zero-order chi connectivity index (χ0) is 14.4. The average Bonchev–Trinajstić information content (AvgIpc) is 2.91. The first-order valence-electron chi connectivity index (χ1n) is 7.83. The first kappa shape index (κ1) is 15.8. The van der Waals surface area contributed by atoms with E-state index < -0.39 is 0 Å². The van der Waals surface area contributed by atoms with E-state index in [-0.39, 0.29) is 0 Å². The fourth-order valence-electron chi connectivity index (χ4n) is 2.92. The van der Waals surface area contributed by atoms with Gasteiger partial charge in [-0.2, -0.15) is 0 Å². The van der Waals surface area contributed by atoms with Gasteiger partial charge in [0.05, 0.1) is 6.61 Å². The fraction of sp³-hybridized carbons (Fsp3) is 0.647. The normalized spacial score (nSPS) is 15.8. The van der Waals surface area contributed by atoms with E-state index in [2.05, 4.69) is 47.2 Å². The molecule has 20 heavy (non-hydrogen) atoms. The van der Waals surface area contributed by atoms with Crippen LogP contribution in [0.4, 0.5) is 0 Å². The maximum absolute atomic E-state index is 6.18. The largest absolute Gasteiger partial charge is 0.493 e. The van der Waals surface area contributed by atoms with Crippen molar-refractivity contribution in [1.29, 1.82) is 0 Å². The number of ether oxygens (including phenoxy) is 1. The topological polar surface area (TPSA) is 21.3 Å². The smallest absolute Gasteiger partial charge is 0.126 e. The molecule has 1 aromatic carbocycles. The second kappa shape index (κ2) is 8.04. The van der Waals surface area contributed by atoms with Gasteiger partial charge in [0.15, 0.2) is 0 Å². The van der Waals surface area contributed by atoms with E-state index in [1.165, 1.54) is 36.8 Å². The van der Waals surface area contributed by atoms with Crippen molar-refractivity contribution < 1.29 is 4.74 Å². The number of hydrogen-bond acceptors (Lipinski definition) is 2. The molecule has 1 fully saturated rings. The Morgan fingerprint density at radius 2 is 2.05 bits per heavy atom. The third kappa shape index (κ3) is 4.49. The van der Waals surface area contributed by atoms with Gasteiger partial charge >= 0.3 is 0 Å². The van der Waals surface area contributed by atoms with Gasteiger partial charge in [0, 0.05) is 16.6 Å². The Hall–Kier alpha value is -0.540. The van der Waals surface area contributed by atoms with E-state index in [0.29, 0.717) is 0 Å². The molecule has 112 valence electrons. The second-order valence-electron chi connectivity index (χ2n) is 5.85. The van der Waals surface area contributed by atoms with Crippen molar-refractivity contribution in [1.82, 2.24) is 5.32 Å². The highest BCUT2D eigenvalue weighted by molar-refractivity contribution is 9.10. The van der Waals surface area contributed by atoms with Crippen LogP contribution in [0.1, 0.15) is 50.2 Å². The maximum Gasteiger partial charge on any atom is 0.126 e. The summed E-state index contributed by atoms with van der Waals surface area (Å²) in [5, 5.41) is 3.47. The number of halogens is 1. The zero-order valence-electron chi connectivity index (χ0n) is 12.7. The van der Waals surface area contributed by atoms with E-state index in [1.807, 2.05) is 0 Å². The molecule has 1 aliphatic rings. The van der Waals surface area contributed by atoms with E-state index >= 15 is 0 Å². The van der Waals surface area contributed by atoms with Crippen molar-refractivity contribution in [2.24, 2.45) is 5.92 Å². The first-order chi connectivity index (χ1) is 9.70. The Morgan fingerprint density at radius 1 is 1.30 bits per heavy atom. The van der Waals surface area contributed by atoms with Crippen LogP contribution >= 0.6 is 15.9 Å². The molecule has 0 atom stereocenters. The van der Waals surface area contributed by atoms with Gasteiger partial charge in [0.25, 0.3) is 0 Å². The summed E-state index contributed by atoms with van der Waals surface area (Å²) in [7, 11) is 0. The highest BCUT2D eigenvalue weighted by Crippen LogP contribution is 2.31. The van der Waals surface area contributed by atoms with Crippen LogP contribution in [0.15, 0.2) is 16.6 Å². The molecule has 2 nitrogen and oxygen atoms in total. The van der Waals surface area contributed by atoms with Crippen LogP contribution in [0.5, 0.6) is 5.75 Å². The number of rotatable bonds is 7. The molecular weight excluding hydrogens is 314 g/mol. The van der Waals surface area contributed by atoms with E-state index in [1.54, 1.807) is 0 Å². The Labute approximate surface area is 131 Å². The van der Waals surface area contributed by atoms with Gasteiger partial charge in [-0.3, -0.25) is 0 Å². The summed E-state index contributed by atoms with van der Waals surface area (Å²) in [6.45, 7) is 7.14. The lowest BCUT2D eigenvalue weighted by Gasteiger charge is -2.18. The van der Waals surface area contributed by atoms with Gasteiger partial charge < -0.3 is 10.1 Å². The molecule has 0 aliphatic heterocycles. The molecule has 1 saturated carbocycles. The van der Waals surface area contributed by atoms with Crippen molar-refractivity contribution in [2.75, 3.05) is 13.2 Å². The fourth-order valence-corrected chi connectivity index (χ4v) is 3.53. The van der Waals surface area contributed by atoms with E-state index in [4.69, 9.17) is 4.74 Å². The van der Waals surface area contributed by atoms with Crippen LogP contribution in [0.2, 0.25) is 0 Å². The highest BCUT2D eigenvalue weighted by Gasteiger charge is 2.17. The van der Waals surface area contributed by atoms with Crippen molar-refractivity contribution in [3.8, 4) is 5.75 Å². The average molecular weight is 340 g/mol. The standard InChI is InChI=1S/C17H26BrNO/c1-3-8-19-11-15-10-16(18)9-13(2)17(15)20-12-14-6-4-5-7-14/h9-10,14,19H,3-8,11-12H2,1-2H3. The van der Waals surface area contributed by atoms with E-state index in [0.717, 1.165) is 42.3 Å². The summed E-state index contributed by atoms with van der Waals surface area (Å²) in [6.07, 6.45) is 6.57. The molecule has 0 bridgehead atoms. The molecule has 0 spiro atoms. The molecule has 0 amide bonds. The third-order valence-corrected chi connectivity index (χ3v) is 4.45. The van der Waals surface area contributed by atoms with Crippen LogP contribution in [-0.4, -0.2) is 13.2 Å². The maximum atomic E-state index is 6.18. The molecular formula is C17H26BrNO. The summed E-state index contributed by atoms with van der Waals surface area (Å²) in [5.74, 6) is 1.85. The van der Waals surface area contributed by atoms with Crippen LogP contribution < -0.4 is 10.1 Å². The quantitative estimate of drug-likeness (QED) is 0.718. The number of nitrogens with one attached hydrogen (secondary N) is 1. The number of benzene rings is 1. The number of aryl methyl sites for hydroxylation is 1. The van der Waals surface area contributed by atoms with Gasteiger partial charge in [0.2, 0.25) is 0 Å².